The Bertz CT molecular complexity index is 1260. The fraction of sp³-hybridized carbons (Fsp3) is 0.478. The lowest BCUT2D eigenvalue weighted by Crippen LogP contribution is -2.29. The molecule has 1 amide bonds. The molecule has 5 rings (SSSR count). The van der Waals surface area contributed by atoms with Gasteiger partial charge in [-0.15, -0.1) is 0 Å². The highest BCUT2D eigenvalue weighted by Crippen LogP contribution is 2.37. The molecule has 0 radical (unpaired) electrons. The predicted molar refractivity (Wildman–Crippen MR) is 127 cm³/mol. The molecule has 2 aliphatic rings. The number of primary amides is 1. The third-order valence-corrected chi connectivity index (χ3v) is 7.24. The first-order valence-corrected chi connectivity index (χ1v) is 12.1. The average molecular weight is 506 g/mol. The van der Waals surface area contributed by atoms with Crippen molar-refractivity contribution in [1.29, 1.82) is 0 Å². The van der Waals surface area contributed by atoms with Crippen LogP contribution < -0.4 is 16.4 Å². The van der Waals surface area contributed by atoms with Crippen LogP contribution in [0.5, 0.6) is 0 Å². The van der Waals surface area contributed by atoms with Crippen LogP contribution in [0.1, 0.15) is 51.0 Å². The van der Waals surface area contributed by atoms with E-state index >= 15 is 0 Å². The summed E-state index contributed by atoms with van der Waals surface area (Å²) >= 11 is 5.70. The quantitative estimate of drug-likeness (QED) is 0.372. The molecule has 186 valence electrons. The molecular weight excluding hydrogens is 480 g/mol. The Hall–Kier alpha value is -3.05. The second kappa shape index (κ2) is 9.54. The molecule has 12 heteroatoms. The van der Waals surface area contributed by atoms with E-state index in [2.05, 4.69) is 25.6 Å². The molecule has 1 aromatic carbocycles. The van der Waals surface area contributed by atoms with Crippen molar-refractivity contribution in [2.24, 2.45) is 11.7 Å². The molecule has 2 aliphatic carbocycles. The standard InChI is InChI=1S/C23H26ClF2N7O2/c24-13-8-15(26)17(9-14(13)25)30-23-31-18-10-28-22(29-16-2-1-3-19(16)34)32-21(18)33(23)12-6-4-11(5-7-12)20(27)35/h8-12,16,19,34H,1-7H2,(H2,27,35)(H,30,31)(H,28,29,32)/t11?,12?,16-,19-/m1/s1. The number of nitrogens with zero attached hydrogens (tertiary/aromatic N) is 4. The van der Waals surface area contributed by atoms with Crippen LogP contribution in [0.15, 0.2) is 18.3 Å². The molecule has 0 aliphatic heterocycles. The van der Waals surface area contributed by atoms with Gasteiger partial charge >= 0.3 is 0 Å². The molecule has 3 aromatic rings. The Morgan fingerprint density at radius 3 is 2.57 bits per heavy atom. The normalized spacial score (nSPS) is 24.6. The summed E-state index contributed by atoms with van der Waals surface area (Å²) < 4.78 is 30.5. The number of aliphatic hydroxyl groups is 1. The van der Waals surface area contributed by atoms with Crippen molar-refractivity contribution < 1.29 is 18.7 Å². The minimum atomic E-state index is -0.762. The van der Waals surface area contributed by atoms with Crippen molar-refractivity contribution in [2.75, 3.05) is 10.6 Å². The fourth-order valence-electron chi connectivity index (χ4n) is 5.03. The first-order valence-electron chi connectivity index (χ1n) is 11.7. The smallest absolute Gasteiger partial charge is 0.225 e. The van der Waals surface area contributed by atoms with E-state index in [1.54, 1.807) is 6.20 Å². The van der Waals surface area contributed by atoms with Gasteiger partial charge in [-0.25, -0.2) is 18.7 Å². The molecule has 2 aromatic heterocycles. The summed E-state index contributed by atoms with van der Waals surface area (Å²) in [5.41, 5.74) is 6.36. The number of fused-ring (bicyclic) bond motifs is 1. The first kappa shape index (κ1) is 23.7. The number of nitrogens with one attached hydrogen (secondary N) is 2. The van der Waals surface area contributed by atoms with Gasteiger partial charge in [-0.1, -0.05) is 11.6 Å². The van der Waals surface area contributed by atoms with E-state index in [0.717, 1.165) is 31.4 Å². The van der Waals surface area contributed by atoms with Gasteiger partial charge in [0.2, 0.25) is 17.8 Å². The molecule has 2 heterocycles. The number of carbonyl (C=O) groups is 1. The van der Waals surface area contributed by atoms with E-state index in [-0.39, 0.29) is 40.6 Å². The lowest BCUT2D eigenvalue weighted by Gasteiger charge is -2.29. The molecule has 5 N–H and O–H groups in total. The average Bonchev–Trinajstić information content (AvgIpc) is 3.40. The SMILES string of the molecule is NC(=O)C1CCC(n2c(Nc3cc(F)c(Cl)cc3F)nc3cnc(N[C@@H]4CCC[C@H]4O)nc32)CC1. The van der Waals surface area contributed by atoms with Crippen LogP contribution >= 0.6 is 11.6 Å². The number of carbonyl (C=O) groups excluding carboxylic acids is 1. The van der Waals surface area contributed by atoms with Gasteiger partial charge in [0, 0.05) is 18.0 Å². The maximum atomic E-state index is 14.6. The number of hydrogen-bond acceptors (Lipinski definition) is 7. The van der Waals surface area contributed by atoms with Crippen LogP contribution in [-0.2, 0) is 4.79 Å². The lowest BCUT2D eigenvalue weighted by atomic mass is 9.85. The number of hydrogen-bond donors (Lipinski definition) is 4. The van der Waals surface area contributed by atoms with Crippen LogP contribution in [0, 0.1) is 17.6 Å². The van der Waals surface area contributed by atoms with Crippen molar-refractivity contribution in [3.8, 4) is 0 Å². The number of imidazole rings is 1. The van der Waals surface area contributed by atoms with Crippen LogP contribution in [0.4, 0.5) is 26.4 Å². The van der Waals surface area contributed by atoms with Gasteiger partial charge < -0.3 is 21.5 Å². The van der Waals surface area contributed by atoms with Crippen LogP contribution in [0.2, 0.25) is 5.02 Å². The van der Waals surface area contributed by atoms with Crippen LogP contribution in [-0.4, -0.2) is 42.7 Å². The molecule has 2 fully saturated rings. The first-order chi connectivity index (χ1) is 16.8. The van der Waals surface area contributed by atoms with Crippen molar-refractivity contribution in [2.45, 2.75) is 63.1 Å². The number of anilines is 3. The Kier molecular flexibility index (Phi) is 6.45. The molecule has 2 atom stereocenters. The molecule has 0 unspecified atom stereocenters. The van der Waals surface area contributed by atoms with E-state index < -0.39 is 17.7 Å². The maximum absolute atomic E-state index is 14.6. The fourth-order valence-corrected chi connectivity index (χ4v) is 5.18. The Morgan fingerprint density at radius 1 is 1.11 bits per heavy atom. The van der Waals surface area contributed by atoms with Crippen molar-refractivity contribution in [3.05, 3.63) is 35.0 Å². The molecule has 0 spiro atoms. The van der Waals surface area contributed by atoms with E-state index in [0.29, 0.717) is 42.8 Å². The summed E-state index contributed by atoms with van der Waals surface area (Å²) in [7, 11) is 0. The number of aromatic nitrogens is 4. The molecule has 0 saturated heterocycles. The summed E-state index contributed by atoms with van der Waals surface area (Å²) in [6.07, 6.45) is 6.02. The van der Waals surface area contributed by atoms with E-state index in [1.165, 1.54) is 0 Å². The summed E-state index contributed by atoms with van der Waals surface area (Å²) in [5.74, 6) is -1.38. The summed E-state index contributed by atoms with van der Waals surface area (Å²) in [4.78, 5) is 25.2. The highest BCUT2D eigenvalue weighted by Gasteiger charge is 2.30. The number of aliphatic hydroxyl groups excluding tert-OH is 1. The number of rotatable bonds is 6. The van der Waals surface area contributed by atoms with Crippen molar-refractivity contribution >= 4 is 46.3 Å². The Balaban J connectivity index is 1.53. The second-order valence-electron chi connectivity index (χ2n) is 9.24. The Morgan fingerprint density at radius 2 is 1.89 bits per heavy atom. The van der Waals surface area contributed by atoms with Crippen molar-refractivity contribution in [3.63, 3.8) is 0 Å². The highest BCUT2D eigenvalue weighted by atomic mass is 35.5. The van der Waals surface area contributed by atoms with Gasteiger partial charge in [0.25, 0.3) is 0 Å². The second-order valence-corrected chi connectivity index (χ2v) is 9.64. The van der Waals surface area contributed by atoms with Crippen LogP contribution in [0.3, 0.4) is 0 Å². The lowest BCUT2D eigenvalue weighted by molar-refractivity contribution is -0.122. The minimum absolute atomic E-state index is 0.0990. The zero-order chi connectivity index (χ0) is 24.7. The third kappa shape index (κ3) is 4.74. The minimum Gasteiger partial charge on any atom is -0.391 e. The van der Waals surface area contributed by atoms with E-state index in [9.17, 15) is 18.7 Å². The predicted octanol–water partition coefficient (Wildman–Crippen LogP) is 4.04. The molecular formula is C23H26ClF2N7O2. The zero-order valence-corrected chi connectivity index (χ0v) is 19.6. The molecule has 2 saturated carbocycles. The van der Waals surface area contributed by atoms with E-state index in [1.807, 2.05) is 4.57 Å². The van der Waals surface area contributed by atoms with Gasteiger partial charge in [-0.3, -0.25) is 9.36 Å². The monoisotopic (exact) mass is 505 g/mol. The molecule has 9 nitrogen and oxygen atoms in total. The summed E-state index contributed by atoms with van der Waals surface area (Å²) in [5, 5.41) is 15.9. The highest BCUT2D eigenvalue weighted by molar-refractivity contribution is 6.30. The molecule has 0 bridgehead atoms. The van der Waals surface area contributed by atoms with Gasteiger partial charge in [-0.05, 0) is 51.0 Å². The number of nitrogens with two attached hydrogens (primary N) is 1. The zero-order valence-electron chi connectivity index (χ0n) is 18.8. The molecule has 35 heavy (non-hydrogen) atoms. The maximum Gasteiger partial charge on any atom is 0.225 e. The number of halogens is 3. The van der Waals surface area contributed by atoms with Crippen molar-refractivity contribution in [1.82, 2.24) is 19.5 Å². The van der Waals surface area contributed by atoms with Gasteiger partial charge in [0.15, 0.2) is 5.65 Å². The largest absolute Gasteiger partial charge is 0.391 e. The Labute approximate surface area is 205 Å². The summed E-state index contributed by atoms with van der Waals surface area (Å²) in [6.45, 7) is 0. The number of benzene rings is 1. The van der Waals surface area contributed by atoms with E-state index in [4.69, 9.17) is 17.3 Å². The third-order valence-electron chi connectivity index (χ3n) is 6.95. The van der Waals surface area contributed by atoms with Crippen LogP contribution in [0.25, 0.3) is 11.2 Å². The summed E-state index contributed by atoms with van der Waals surface area (Å²) in [6, 6.07) is 1.64. The topological polar surface area (TPSA) is 131 Å². The number of amides is 1. The van der Waals surface area contributed by atoms with Gasteiger partial charge in [0.05, 0.1) is 29.1 Å². The van der Waals surface area contributed by atoms with Gasteiger partial charge in [-0.2, -0.15) is 4.98 Å². The van der Waals surface area contributed by atoms with Gasteiger partial charge in [0.1, 0.15) is 17.2 Å².